The van der Waals surface area contributed by atoms with Gasteiger partial charge in [-0.3, -0.25) is 4.99 Å². The van der Waals surface area contributed by atoms with Crippen molar-refractivity contribution in [1.29, 1.82) is 0 Å². The van der Waals surface area contributed by atoms with Crippen LogP contribution in [-0.2, 0) is 0 Å². The predicted molar refractivity (Wildman–Crippen MR) is 97.3 cm³/mol. The summed E-state index contributed by atoms with van der Waals surface area (Å²) in [6.07, 6.45) is 2.07. The van der Waals surface area contributed by atoms with Crippen LogP contribution in [-0.4, -0.2) is 55.2 Å². The fourth-order valence-electron chi connectivity index (χ4n) is 3.16. The van der Waals surface area contributed by atoms with Gasteiger partial charge in [0, 0.05) is 23.3 Å². The van der Waals surface area contributed by atoms with Crippen LogP contribution in [0.15, 0.2) is 29.3 Å². The highest BCUT2D eigenvalue weighted by Crippen LogP contribution is 2.33. The molecule has 23 heavy (non-hydrogen) atoms. The van der Waals surface area contributed by atoms with Crippen LogP contribution in [0, 0.1) is 0 Å². The number of likely N-dealkylation sites (N-methyl/N-ethyl adjacent to an activating group) is 1. The Bertz CT molecular complexity index is 569. The van der Waals surface area contributed by atoms with Crippen LogP contribution < -0.4 is 15.8 Å². The van der Waals surface area contributed by atoms with E-state index in [1.54, 1.807) is 0 Å². The molecule has 0 radical (unpaired) electrons. The maximum absolute atomic E-state index is 6.17. The van der Waals surface area contributed by atoms with Gasteiger partial charge < -0.3 is 20.7 Å². The summed E-state index contributed by atoms with van der Waals surface area (Å²) in [5.74, 6) is 3.80. The zero-order valence-electron chi connectivity index (χ0n) is 13.9. The Morgan fingerprint density at radius 3 is 3.04 bits per heavy atom. The lowest BCUT2D eigenvalue weighted by Crippen LogP contribution is -2.48. The molecule has 1 saturated heterocycles. The average Bonchev–Trinajstić information content (AvgIpc) is 3.04. The number of nitrogens with two attached hydrogens (primary N) is 1. The molecule has 2 unspecified atom stereocenters. The number of nitrogens with one attached hydrogen (secondary N) is 1. The van der Waals surface area contributed by atoms with E-state index in [0.29, 0.717) is 12.6 Å². The van der Waals surface area contributed by atoms with Crippen LogP contribution in [0.3, 0.4) is 0 Å². The number of thioether (sulfide) groups is 1. The minimum Gasteiger partial charge on any atom is -0.493 e. The zero-order chi connectivity index (χ0) is 16.3. The highest BCUT2D eigenvalue weighted by Gasteiger charge is 2.36. The smallest absolute Gasteiger partial charge is 0.189 e. The molecular formula is C17H26N4OS. The Morgan fingerprint density at radius 2 is 2.30 bits per heavy atom. The van der Waals surface area contributed by atoms with Gasteiger partial charge in [-0.1, -0.05) is 18.2 Å². The van der Waals surface area contributed by atoms with E-state index in [9.17, 15) is 0 Å². The SMILES string of the molecule is CN(C)C1(CN=C(N)NC2CCOc3ccccc32)CCSC1. The molecule has 0 bridgehead atoms. The molecule has 3 rings (SSSR count). The van der Waals surface area contributed by atoms with Gasteiger partial charge >= 0.3 is 0 Å². The first-order valence-electron chi connectivity index (χ1n) is 8.14. The van der Waals surface area contributed by atoms with Crippen molar-refractivity contribution in [1.82, 2.24) is 10.2 Å². The third-order valence-electron chi connectivity index (χ3n) is 4.86. The zero-order valence-corrected chi connectivity index (χ0v) is 14.7. The van der Waals surface area contributed by atoms with E-state index >= 15 is 0 Å². The molecule has 1 aromatic carbocycles. The fraction of sp³-hybridized carbons (Fsp3) is 0.588. The van der Waals surface area contributed by atoms with Gasteiger partial charge in [-0.15, -0.1) is 0 Å². The number of para-hydroxylation sites is 1. The topological polar surface area (TPSA) is 62.9 Å². The lowest BCUT2D eigenvalue weighted by atomic mass is 9.98. The van der Waals surface area contributed by atoms with Crippen LogP contribution in [0.25, 0.3) is 0 Å². The molecule has 0 amide bonds. The molecule has 3 N–H and O–H groups in total. The first-order valence-corrected chi connectivity index (χ1v) is 9.30. The van der Waals surface area contributed by atoms with E-state index in [1.165, 1.54) is 12.2 Å². The Kier molecular flexibility index (Phi) is 5.02. The second-order valence-corrected chi connectivity index (χ2v) is 7.60. The normalized spacial score (nSPS) is 27.6. The van der Waals surface area contributed by atoms with Gasteiger partial charge in [-0.2, -0.15) is 11.8 Å². The fourth-order valence-corrected chi connectivity index (χ4v) is 4.71. The number of hydrogen-bond donors (Lipinski definition) is 2. The maximum Gasteiger partial charge on any atom is 0.189 e. The maximum atomic E-state index is 6.17. The van der Waals surface area contributed by atoms with Gasteiger partial charge in [0.15, 0.2) is 5.96 Å². The molecule has 126 valence electrons. The number of guanidine groups is 1. The quantitative estimate of drug-likeness (QED) is 0.650. The van der Waals surface area contributed by atoms with E-state index < -0.39 is 0 Å². The predicted octanol–water partition coefficient (Wildman–Crippen LogP) is 1.85. The minimum atomic E-state index is 0.143. The molecule has 0 spiro atoms. The first kappa shape index (κ1) is 16.5. The molecule has 2 heterocycles. The summed E-state index contributed by atoms with van der Waals surface area (Å²) >= 11 is 2.00. The Morgan fingerprint density at radius 1 is 1.48 bits per heavy atom. The van der Waals surface area contributed by atoms with E-state index in [0.717, 1.165) is 30.0 Å². The van der Waals surface area contributed by atoms with E-state index in [-0.39, 0.29) is 11.6 Å². The summed E-state index contributed by atoms with van der Waals surface area (Å²) in [7, 11) is 4.28. The highest BCUT2D eigenvalue weighted by atomic mass is 32.2. The monoisotopic (exact) mass is 334 g/mol. The summed E-state index contributed by atoms with van der Waals surface area (Å²) < 4.78 is 5.69. The second kappa shape index (κ2) is 7.01. The van der Waals surface area contributed by atoms with Crippen molar-refractivity contribution in [2.45, 2.75) is 24.4 Å². The van der Waals surface area contributed by atoms with Gasteiger partial charge in [0.2, 0.25) is 0 Å². The van der Waals surface area contributed by atoms with Crippen molar-refractivity contribution in [3.63, 3.8) is 0 Å². The molecule has 2 aliphatic rings. The molecule has 0 aliphatic carbocycles. The summed E-state index contributed by atoms with van der Waals surface area (Å²) in [6.45, 7) is 1.46. The van der Waals surface area contributed by atoms with E-state index in [4.69, 9.17) is 10.5 Å². The summed E-state index contributed by atoms with van der Waals surface area (Å²) in [5, 5.41) is 3.38. The Balaban J connectivity index is 1.66. The number of fused-ring (bicyclic) bond motifs is 1. The Hall–Kier alpha value is -1.40. The van der Waals surface area contributed by atoms with Gasteiger partial charge in [0.1, 0.15) is 5.75 Å². The molecule has 0 saturated carbocycles. The van der Waals surface area contributed by atoms with Crippen LogP contribution in [0.1, 0.15) is 24.4 Å². The van der Waals surface area contributed by atoms with Crippen LogP contribution >= 0.6 is 11.8 Å². The summed E-state index contributed by atoms with van der Waals surface area (Å²) in [4.78, 5) is 6.95. The summed E-state index contributed by atoms with van der Waals surface area (Å²) in [5.41, 5.74) is 7.48. The van der Waals surface area contributed by atoms with Gasteiger partial charge in [-0.05, 0) is 32.3 Å². The number of hydrogen-bond acceptors (Lipinski definition) is 4. The molecule has 2 atom stereocenters. The lowest BCUT2D eigenvalue weighted by molar-refractivity contribution is 0.190. The van der Waals surface area contributed by atoms with Crippen molar-refractivity contribution in [3.05, 3.63) is 29.8 Å². The van der Waals surface area contributed by atoms with Crippen LogP contribution in [0.2, 0.25) is 0 Å². The molecular weight excluding hydrogens is 308 g/mol. The van der Waals surface area contributed by atoms with Crippen molar-refractivity contribution in [2.24, 2.45) is 10.7 Å². The number of benzene rings is 1. The van der Waals surface area contributed by atoms with Crippen molar-refractivity contribution < 1.29 is 4.74 Å². The standard InChI is InChI=1S/C17H26N4OS/c1-21(2)17(8-10-23-12-17)11-19-16(18)20-14-7-9-22-15-6-4-3-5-13(14)15/h3-6,14H,7-12H2,1-2H3,(H3,18,19,20). The van der Waals surface area contributed by atoms with Crippen molar-refractivity contribution >= 4 is 17.7 Å². The first-order chi connectivity index (χ1) is 11.1. The van der Waals surface area contributed by atoms with Crippen LogP contribution in [0.4, 0.5) is 0 Å². The van der Waals surface area contributed by atoms with Crippen molar-refractivity contribution in [3.8, 4) is 5.75 Å². The van der Waals surface area contributed by atoms with Crippen molar-refractivity contribution in [2.75, 3.05) is 38.8 Å². The van der Waals surface area contributed by atoms with Gasteiger partial charge in [0.25, 0.3) is 0 Å². The number of rotatable bonds is 4. The number of aliphatic imine (C=N–C) groups is 1. The molecule has 1 aromatic rings. The molecule has 2 aliphatic heterocycles. The molecule has 5 nitrogen and oxygen atoms in total. The average molecular weight is 334 g/mol. The molecule has 1 fully saturated rings. The summed E-state index contributed by atoms with van der Waals surface area (Å²) in [6, 6.07) is 8.31. The Labute approximate surface area is 142 Å². The minimum absolute atomic E-state index is 0.143. The largest absolute Gasteiger partial charge is 0.493 e. The van der Waals surface area contributed by atoms with Crippen LogP contribution in [0.5, 0.6) is 5.75 Å². The lowest BCUT2D eigenvalue weighted by Gasteiger charge is -2.34. The van der Waals surface area contributed by atoms with E-state index in [2.05, 4.69) is 35.4 Å². The third kappa shape index (κ3) is 3.58. The number of nitrogens with zero attached hydrogens (tertiary/aromatic N) is 2. The highest BCUT2D eigenvalue weighted by molar-refractivity contribution is 7.99. The van der Waals surface area contributed by atoms with Gasteiger partial charge in [-0.25, -0.2) is 0 Å². The number of ether oxygens (including phenoxy) is 1. The second-order valence-electron chi connectivity index (χ2n) is 6.49. The third-order valence-corrected chi connectivity index (χ3v) is 6.09. The molecule has 6 heteroatoms. The van der Waals surface area contributed by atoms with Gasteiger partial charge in [0.05, 0.1) is 19.2 Å². The van der Waals surface area contributed by atoms with E-state index in [1.807, 2.05) is 30.0 Å². The molecule has 0 aromatic heterocycles.